The lowest BCUT2D eigenvalue weighted by Gasteiger charge is -2.15. The van der Waals surface area contributed by atoms with Crippen LogP contribution in [0.5, 0.6) is 5.75 Å². The molecular formula is C15H16F3NOS. The van der Waals surface area contributed by atoms with Crippen LogP contribution in [0, 0.1) is 0 Å². The molecule has 2 aromatic rings. The van der Waals surface area contributed by atoms with E-state index in [9.17, 15) is 13.2 Å². The van der Waals surface area contributed by atoms with Gasteiger partial charge in [-0.25, -0.2) is 0 Å². The average molecular weight is 315 g/mol. The Kier molecular flexibility index (Phi) is 5.25. The lowest BCUT2D eigenvalue weighted by Crippen LogP contribution is -2.12. The number of ether oxygens (including phenoxy) is 1. The van der Waals surface area contributed by atoms with Crippen molar-refractivity contribution in [1.82, 2.24) is 0 Å². The second-order valence-corrected chi connectivity index (χ2v) is 5.38. The molecule has 0 bridgehead atoms. The zero-order valence-electron chi connectivity index (χ0n) is 11.3. The van der Waals surface area contributed by atoms with Gasteiger partial charge in [0.1, 0.15) is 5.75 Å². The van der Waals surface area contributed by atoms with Crippen molar-refractivity contribution in [3.8, 4) is 5.75 Å². The predicted octanol–water partition coefficient (Wildman–Crippen LogP) is 3.89. The number of halogens is 3. The minimum atomic E-state index is -4.43. The third kappa shape index (κ3) is 4.47. The molecule has 0 aliphatic carbocycles. The molecule has 1 aromatic carbocycles. The minimum absolute atomic E-state index is 0.126. The van der Waals surface area contributed by atoms with E-state index in [4.69, 9.17) is 10.5 Å². The van der Waals surface area contributed by atoms with Crippen molar-refractivity contribution in [1.29, 1.82) is 0 Å². The molecule has 2 N–H and O–H groups in total. The van der Waals surface area contributed by atoms with E-state index in [0.717, 1.165) is 11.6 Å². The molecule has 0 aliphatic rings. The van der Waals surface area contributed by atoms with Gasteiger partial charge in [-0.2, -0.15) is 24.5 Å². The van der Waals surface area contributed by atoms with Gasteiger partial charge in [0.15, 0.2) is 0 Å². The molecule has 0 saturated heterocycles. The smallest absolute Gasteiger partial charge is 0.419 e. The van der Waals surface area contributed by atoms with E-state index >= 15 is 0 Å². The molecule has 0 spiro atoms. The molecule has 0 radical (unpaired) electrons. The summed E-state index contributed by atoms with van der Waals surface area (Å²) in [5.74, 6) is -0.126. The van der Waals surface area contributed by atoms with Crippen LogP contribution in [0.4, 0.5) is 13.2 Å². The second kappa shape index (κ2) is 6.95. The Morgan fingerprint density at radius 2 is 1.90 bits per heavy atom. The Labute approximate surface area is 125 Å². The molecule has 0 amide bonds. The molecule has 0 aliphatic heterocycles. The van der Waals surface area contributed by atoms with E-state index in [1.807, 2.05) is 16.8 Å². The first kappa shape index (κ1) is 15.9. The first-order chi connectivity index (χ1) is 10.0. The fourth-order valence-electron chi connectivity index (χ4n) is 1.96. The second-order valence-electron chi connectivity index (χ2n) is 4.60. The van der Waals surface area contributed by atoms with Gasteiger partial charge < -0.3 is 10.5 Å². The zero-order valence-corrected chi connectivity index (χ0v) is 12.1. The molecule has 2 rings (SSSR count). The molecule has 0 atom stereocenters. The van der Waals surface area contributed by atoms with Gasteiger partial charge in [-0.1, -0.05) is 6.07 Å². The fourth-order valence-corrected chi connectivity index (χ4v) is 2.66. The minimum Gasteiger partial charge on any atom is -0.493 e. The molecule has 0 fully saturated rings. The molecular weight excluding hydrogens is 299 g/mol. The summed E-state index contributed by atoms with van der Waals surface area (Å²) in [7, 11) is 0. The highest BCUT2D eigenvalue weighted by atomic mass is 32.1. The van der Waals surface area contributed by atoms with Crippen molar-refractivity contribution >= 4 is 11.3 Å². The summed E-state index contributed by atoms with van der Waals surface area (Å²) in [6.45, 7) is 0.533. The van der Waals surface area contributed by atoms with Gasteiger partial charge in [0.2, 0.25) is 0 Å². The monoisotopic (exact) mass is 315 g/mol. The number of rotatable bonds is 6. The van der Waals surface area contributed by atoms with Crippen LogP contribution in [-0.2, 0) is 19.0 Å². The summed E-state index contributed by atoms with van der Waals surface area (Å²) in [6.07, 6.45) is -3.42. The zero-order chi connectivity index (χ0) is 15.3. The van der Waals surface area contributed by atoms with Gasteiger partial charge in [0.25, 0.3) is 0 Å². The predicted molar refractivity (Wildman–Crippen MR) is 77.7 cm³/mol. The van der Waals surface area contributed by atoms with E-state index in [2.05, 4.69) is 0 Å². The van der Waals surface area contributed by atoms with Crippen molar-refractivity contribution in [2.75, 3.05) is 13.2 Å². The number of hydrogen-bond donors (Lipinski definition) is 1. The van der Waals surface area contributed by atoms with Gasteiger partial charge in [-0.15, -0.1) is 0 Å². The summed E-state index contributed by atoms with van der Waals surface area (Å²) < 4.78 is 44.5. The van der Waals surface area contributed by atoms with Crippen LogP contribution in [0.1, 0.15) is 16.7 Å². The maximum absolute atomic E-state index is 13.1. The van der Waals surface area contributed by atoms with Crippen molar-refractivity contribution in [2.24, 2.45) is 5.73 Å². The summed E-state index contributed by atoms with van der Waals surface area (Å²) in [4.78, 5) is 0. The van der Waals surface area contributed by atoms with Gasteiger partial charge in [0.05, 0.1) is 12.2 Å². The number of benzene rings is 1. The van der Waals surface area contributed by atoms with Crippen LogP contribution in [-0.4, -0.2) is 13.2 Å². The van der Waals surface area contributed by atoms with Crippen LogP contribution < -0.4 is 10.5 Å². The first-order valence-electron chi connectivity index (χ1n) is 6.55. The van der Waals surface area contributed by atoms with Gasteiger partial charge in [-0.05, 0) is 53.1 Å². The van der Waals surface area contributed by atoms with Crippen LogP contribution >= 0.6 is 11.3 Å². The lowest BCUT2D eigenvalue weighted by atomic mass is 10.1. The normalized spacial score (nSPS) is 11.6. The van der Waals surface area contributed by atoms with Crippen LogP contribution in [0.3, 0.4) is 0 Å². The van der Waals surface area contributed by atoms with Crippen LogP contribution in [0.25, 0.3) is 0 Å². The quantitative estimate of drug-likeness (QED) is 0.878. The summed E-state index contributed by atoms with van der Waals surface area (Å²) in [6, 6.07) is 6.05. The van der Waals surface area contributed by atoms with Crippen LogP contribution in [0.15, 0.2) is 35.0 Å². The third-order valence-corrected chi connectivity index (χ3v) is 3.74. The molecule has 114 valence electrons. The first-order valence-corrected chi connectivity index (χ1v) is 7.49. The topological polar surface area (TPSA) is 35.2 Å². The van der Waals surface area contributed by atoms with E-state index in [0.29, 0.717) is 24.9 Å². The van der Waals surface area contributed by atoms with Gasteiger partial charge >= 0.3 is 6.18 Å². The maximum atomic E-state index is 13.1. The van der Waals surface area contributed by atoms with E-state index in [1.54, 1.807) is 17.4 Å². The van der Waals surface area contributed by atoms with Crippen molar-refractivity contribution in [3.05, 3.63) is 51.7 Å². The SMILES string of the molecule is NCCc1ccc(OCCc2ccsc2)c(C(F)(F)F)c1. The number of thiophene rings is 1. The standard InChI is InChI=1S/C15H16F3NOS/c16-15(17,18)13-9-11(3-6-19)1-2-14(13)20-7-4-12-5-8-21-10-12/h1-2,5,8-10H,3-4,6-7,19H2. The summed E-state index contributed by atoms with van der Waals surface area (Å²) >= 11 is 1.55. The van der Waals surface area contributed by atoms with E-state index in [1.165, 1.54) is 6.07 Å². The van der Waals surface area contributed by atoms with E-state index < -0.39 is 11.7 Å². The van der Waals surface area contributed by atoms with Crippen molar-refractivity contribution < 1.29 is 17.9 Å². The fraction of sp³-hybridized carbons (Fsp3) is 0.333. The Bertz CT molecular complexity index is 567. The average Bonchev–Trinajstić information content (AvgIpc) is 2.92. The third-order valence-electron chi connectivity index (χ3n) is 3.01. The Morgan fingerprint density at radius 3 is 2.52 bits per heavy atom. The Morgan fingerprint density at radius 1 is 1.10 bits per heavy atom. The number of hydrogen-bond acceptors (Lipinski definition) is 3. The molecule has 0 saturated carbocycles. The summed E-state index contributed by atoms with van der Waals surface area (Å²) in [5, 5.41) is 3.89. The summed E-state index contributed by atoms with van der Waals surface area (Å²) in [5.41, 5.74) is 6.27. The number of nitrogens with two attached hydrogens (primary N) is 1. The van der Waals surface area contributed by atoms with Crippen molar-refractivity contribution in [3.63, 3.8) is 0 Å². The highest BCUT2D eigenvalue weighted by Gasteiger charge is 2.34. The largest absolute Gasteiger partial charge is 0.493 e. The highest BCUT2D eigenvalue weighted by Crippen LogP contribution is 2.37. The lowest BCUT2D eigenvalue weighted by molar-refractivity contribution is -0.139. The molecule has 2 nitrogen and oxygen atoms in total. The van der Waals surface area contributed by atoms with Crippen LogP contribution in [0.2, 0.25) is 0 Å². The Hall–Kier alpha value is -1.53. The molecule has 0 unspecified atom stereocenters. The van der Waals surface area contributed by atoms with E-state index in [-0.39, 0.29) is 12.4 Å². The molecule has 1 heterocycles. The van der Waals surface area contributed by atoms with Gasteiger partial charge in [-0.3, -0.25) is 0 Å². The van der Waals surface area contributed by atoms with Crippen molar-refractivity contribution in [2.45, 2.75) is 19.0 Å². The highest BCUT2D eigenvalue weighted by molar-refractivity contribution is 7.07. The molecule has 21 heavy (non-hydrogen) atoms. The molecule has 1 aromatic heterocycles. The molecule has 6 heteroatoms. The number of alkyl halides is 3. The van der Waals surface area contributed by atoms with Gasteiger partial charge in [0, 0.05) is 6.42 Å². The Balaban J connectivity index is 2.10. The maximum Gasteiger partial charge on any atom is 0.419 e.